The average molecular weight is 480 g/mol. The number of rotatable bonds is 8. The molecule has 30 heavy (non-hydrogen) atoms. The largest absolute Gasteiger partial charge is 0.484 e. The molecule has 1 fully saturated rings. The molecule has 1 saturated heterocycles. The maximum atomic E-state index is 12.9. The van der Waals surface area contributed by atoms with Crippen LogP contribution in [0.3, 0.4) is 0 Å². The average Bonchev–Trinajstić information content (AvgIpc) is 3.45. The Morgan fingerprint density at radius 2 is 1.83 bits per heavy atom. The van der Waals surface area contributed by atoms with Crippen molar-refractivity contribution in [2.45, 2.75) is 14.7 Å². The van der Waals surface area contributed by atoms with Gasteiger partial charge in [-0.25, -0.2) is 4.39 Å². The lowest BCUT2D eigenvalue weighted by molar-refractivity contribution is -0.118. The summed E-state index contributed by atoms with van der Waals surface area (Å²) in [6.45, 7) is -0.0933. The second kappa shape index (κ2) is 10.5. The van der Waals surface area contributed by atoms with Crippen LogP contribution in [0.4, 0.5) is 9.52 Å². The Bertz CT molecular complexity index is 976. The van der Waals surface area contributed by atoms with Crippen molar-refractivity contribution in [3.8, 4) is 5.75 Å². The van der Waals surface area contributed by atoms with Crippen molar-refractivity contribution in [1.29, 1.82) is 0 Å². The lowest BCUT2D eigenvalue weighted by Crippen LogP contribution is -2.20. The van der Waals surface area contributed by atoms with Gasteiger partial charge in [-0.1, -0.05) is 47.4 Å². The number of benzene rings is 2. The first-order valence-electron chi connectivity index (χ1n) is 9.12. The number of aromatic nitrogens is 2. The summed E-state index contributed by atoms with van der Waals surface area (Å²) in [6.07, 6.45) is 0. The highest BCUT2D eigenvalue weighted by molar-refractivity contribution is 8.19. The zero-order chi connectivity index (χ0) is 20.8. The Balaban J connectivity index is 1.22. The first-order valence-corrected chi connectivity index (χ1v) is 13.0. The highest BCUT2D eigenvalue weighted by Crippen LogP contribution is 2.45. The molecule has 0 unspecified atom stereocenters. The highest BCUT2D eigenvalue weighted by Gasteiger charge is 2.18. The minimum absolute atomic E-state index is 0.0933. The molecule has 1 amide bonds. The number of hydrogen-bond acceptors (Lipinski definition) is 8. The molecule has 1 aliphatic rings. The molecule has 2 heterocycles. The zero-order valence-electron chi connectivity index (χ0n) is 15.7. The summed E-state index contributed by atoms with van der Waals surface area (Å²) in [5.41, 5.74) is 2.27. The van der Waals surface area contributed by atoms with Gasteiger partial charge in [-0.15, -0.1) is 33.7 Å². The van der Waals surface area contributed by atoms with Crippen LogP contribution in [-0.4, -0.2) is 34.2 Å². The van der Waals surface area contributed by atoms with E-state index < -0.39 is 0 Å². The molecule has 0 bridgehead atoms. The lowest BCUT2D eigenvalue weighted by atomic mass is 10.2. The number of halogens is 1. The molecule has 1 N–H and O–H groups in total. The third-order valence-electron chi connectivity index (χ3n) is 4.07. The minimum atomic E-state index is -0.285. The van der Waals surface area contributed by atoms with Crippen LogP contribution in [0.1, 0.15) is 15.7 Å². The molecule has 4 rings (SSSR count). The van der Waals surface area contributed by atoms with Gasteiger partial charge >= 0.3 is 0 Å². The topological polar surface area (TPSA) is 64.1 Å². The molecule has 0 spiro atoms. The van der Waals surface area contributed by atoms with Crippen molar-refractivity contribution in [2.24, 2.45) is 0 Å². The van der Waals surface area contributed by atoms with E-state index in [0.29, 0.717) is 21.2 Å². The molecule has 1 aromatic heterocycles. The molecule has 0 radical (unpaired) electrons. The molecule has 10 heteroatoms. The quantitative estimate of drug-likeness (QED) is 0.340. The minimum Gasteiger partial charge on any atom is -0.484 e. The molecule has 0 saturated carbocycles. The standard InChI is InChI=1S/C20H18FN3O2S4/c21-15-5-1-13(2-6-15)12-29-20-24-23-19(30-20)22-17(25)11-26-16-7-3-14(4-8-16)18-27-9-10-28-18/h1-8,18H,9-12H2,(H,22,23,25). The number of thioether (sulfide) groups is 3. The third-order valence-corrected chi connectivity index (χ3v) is 9.22. The molecular formula is C20H18FN3O2S4. The fourth-order valence-electron chi connectivity index (χ4n) is 2.62. The summed E-state index contributed by atoms with van der Waals surface area (Å²) in [6, 6.07) is 14.2. The number of carbonyl (C=O) groups excluding carboxylic acids is 1. The van der Waals surface area contributed by atoms with Crippen LogP contribution < -0.4 is 10.1 Å². The molecule has 156 valence electrons. The Morgan fingerprint density at radius 1 is 1.10 bits per heavy atom. The molecule has 5 nitrogen and oxygen atoms in total. The van der Waals surface area contributed by atoms with Crippen LogP contribution in [-0.2, 0) is 10.5 Å². The molecule has 3 aromatic rings. The fourth-order valence-corrected chi connectivity index (χ4v) is 7.20. The van der Waals surface area contributed by atoms with Crippen molar-refractivity contribution in [3.63, 3.8) is 0 Å². The number of hydrogen-bond donors (Lipinski definition) is 1. The van der Waals surface area contributed by atoms with Crippen molar-refractivity contribution in [1.82, 2.24) is 10.2 Å². The Labute approximate surface area is 190 Å². The summed E-state index contributed by atoms with van der Waals surface area (Å²) >= 11 is 6.69. The van der Waals surface area contributed by atoms with E-state index in [2.05, 4.69) is 27.6 Å². The van der Waals surface area contributed by atoms with Crippen LogP contribution in [0, 0.1) is 5.82 Å². The van der Waals surface area contributed by atoms with E-state index in [4.69, 9.17) is 4.74 Å². The van der Waals surface area contributed by atoms with Crippen LogP contribution in [0.2, 0.25) is 0 Å². The summed E-state index contributed by atoms with van der Waals surface area (Å²) < 4.78 is 19.7. The van der Waals surface area contributed by atoms with Gasteiger partial charge in [0.1, 0.15) is 11.6 Å². The number of amides is 1. The molecule has 2 aromatic carbocycles. The van der Waals surface area contributed by atoms with Gasteiger partial charge in [0.25, 0.3) is 5.91 Å². The van der Waals surface area contributed by atoms with Crippen LogP contribution in [0.25, 0.3) is 0 Å². The Morgan fingerprint density at radius 3 is 2.57 bits per heavy atom. The van der Waals surface area contributed by atoms with Crippen LogP contribution in [0.15, 0.2) is 52.9 Å². The van der Waals surface area contributed by atoms with Gasteiger partial charge < -0.3 is 4.74 Å². The van der Waals surface area contributed by atoms with Crippen molar-refractivity contribution in [3.05, 3.63) is 65.5 Å². The van der Waals surface area contributed by atoms with E-state index >= 15 is 0 Å². The smallest absolute Gasteiger partial charge is 0.264 e. The summed E-state index contributed by atoms with van der Waals surface area (Å²) in [7, 11) is 0. The summed E-state index contributed by atoms with van der Waals surface area (Å²) in [5, 5.41) is 11.2. The van der Waals surface area contributed by atoms with Gasteiger partial charge in [-0.3, -0.25) is 10.1 Å². The van der Waals surface area contributed by atoms with E-state index in [0.717, 1.165) is 9.90 Å². The second-order valence-electron chi connectivity index (χ2n) is 6.27. The number of nitrogens with one attached hydrogen (secondary N) is 1. The SMILES string of the molecule is O=C(COc1ccc(C2SCCS2)cc1)Nc1nnc(SCc2ccc(F)cc2)s1. The van der Waals surface area contributed by atoms with Crippen LogP contribution >= 0.6 is 46.6 Å². The molecule has 0 atom stereocenters. The van der Waals surface area contributed by atoms with Gasteiger partial charge in [0, 0.05) is 17.3 Å². The first-order chi connectivity index (χ1) is 14.7. The maximum Gasteiger partial charge on any atom is 0.264 e. The summed E-state index contributed by atoms with van der Waals surface area (Å²) in [4.78, 5) is 12.1. The Hall–Kier alpha value is -1.75. The van der Waals surface area contributed by atoms with E-state index in [9.17, 15) is 9.18 Å². The third kappa shape index (κ3) is 6.13. The lowest BCUT2D eigenvalue weighted by Gasteiger charge is -2.10. The van der Waals surface area contributed by atoms with Gasteiger partial charge in [0.2, 0.25) is 5.13 Å². The van der Waals surface area contributed by atoms with Gasteiger partial charge in [-0.2, -0.15) is 0 Å². The zero-order valence-corrected chi connectivity index (χ0v) is 19.0. The van der Waals surface area contributed by atoms with Crippen molar-refractivity contribution >= 4 is 57.7 Å². The van der Waals surface area contributed by atoms with Crippen LogP contribution in [0.5, 0.6) is 5.75 Å². The van der Waals surface area contributed by atoms with E-state index in [1.54, 1.807) is 12.1 Å². The van der Waals surface area contributed by atoms with E-state index in [1.807, 2.05) is 35.7 Å². The monoisotopic (exact) mass is 479 g/mol. The molecule has 0 aliphatic carbocycles. The molecular weight excluding hydrogens is 462 g/mol. The number of nitrogens with zero attached hydrogens (tertiary/aromatic N) is 2. The maximum absolute atomic E-state index is 12.9. The Kier molecular flexibility index (Phi) is 7.53. The predicted octanol–water partition coefficient (Wildman–Crippen LogP) is 5.47. The highest BCUT2D eigenvalue weighted by atomic mass is 32.2. The normalized spacial score (nSPS) is 14.0. The number of ether oxygens (including phenoxy) is 1. The van der Waals surface area contributed by atoms with Gasteiger partial charge in [0.15, 0.2) is 10.9 Å². The van der Waals surface area contributed by atoms with Gasteiger partial charge in [-0.05, 0) is 35.4 Å². The first kappa shape index (κ1) is 21.5. The number of anilines is 1. The fraction of sp³-hybridized carbons (Fsp3) is 0.250. The van der Waals surface area contributed by atoms with Gasteiger partial charge in [0.05, 0.1) is 4.58 Å². The van der Waals surface area contributed by atoms with E-state index in [1.165, 1.54) is 52.3 Å². The number of carbonyl (C=O) groups is 1. The van der Waals surface area contributed by atoms with Crippen molar-refractivity contribution < 1.29 is 13.9 Å². The van der Waals surface area contributed by atoms with E-state index in [-0.39, 0.29) is 18.3 Å². The summed E-state index contributed by atoms with van der Waals surface area (Å²) in [5.74, 6) is 3.15. The second-order valence-corrected chi connectivity index (χ2v) is 11.2. The predicted molar refractivity (Wildman–Crippen MR) is 124 cm³/mol. The van der Waals surface area contributed by atoms with Crippen molar-refractivity contribution in [2.75, 3.05) is 23.4 Å². The molecule has 1 aliphatic heterocycles.